The van der Waals surface area contributed by atoms with Gasteiger partial charge >= 0.3 is 0 Å². The first kappa shape index (κ1) is 15.4. The number of likely N-dealkylation sites (tertiary alicyclic amines) is 1. The average Bonchev–Trinajstić information content (AvgIpc) is 3.08. The van der Waals surface area contributed by atoms with Crippen LogP contribution in [0.15, 0.2) is 24.3 Å². The second kappa shape index (κ2) is 5.92. The third-order valence-electron chi connectivity index (χ3n) is 4.19. The maximum Gasteiger partial charge on any atom is 0.256 e. The number of aliphatic hydroxyl groups is 1. The fourth-order valence-electron chi connectivity index (χ4n) is 2.97. The van der Waals surface area contributed by atoms with Crippen LogP contribution in [-0.2, 0) is 6.42 Å². The van der Waals surface area contributed by atoms with Gasteiger partial charge in [-0.2, -0.15) is 5.10 Å². The molecule has 3 rings (SSSR count). The summed E-state index contributed by atoms with van der Waals surface area (Å²) in [6.07, 6.45) is -0.000332. The van der Waals surface area contributed by atoms with E-state index in [2.05, 4.69) is 10.2 Å². The number of carbonyl (C=O) groups excluding carboxylic acids is 1. The van der Waals surface area contributed by atoms with Gasteiger partial charge < -0.3 is 20.8 Å². The number of hydrogen-bond donors (Lipinski definition) is 4. The zero-order chi connectivity index (χ0) is 16.6. The maximum absolute atomic E-state index is 12.6. The highest BCUT2D eigenvalue weighted by molar-refractivity contribution is 5.99. The molecule has 0 saturated carbocycles. The van der Waals surface area contributed by atoms with Crippen molar-refractivity contribution in [2.24, 2.45) is 5.92 Å². The summed E-state index contributed by atoms with van der Waals surface area (Å²) in [6, 6.07) is 6.23. The van der Waals surface area contributed by atoms with Crippen LogP contribution in [0.2, 0.25) is 0 Å². The molecule has 2 atom stereocenters. The minimum atomic E-state index is -0.602. The number of amides is 1. The van der Waals surface area contributed by atoms with Gasteiger partial charge in [0.1, 0.15) is 5.75 Å². The van der Waals surface area contributed by atoms with Crippen LogP contribution in [-0.4, -0.2) is 50.4 Å². The average molecular weight is 316 g/mol. The molecule has 122 valence electrons. The van der Waals surface area contributed by atoms with Crippen molar-refractivity contribution in [2.75, 3.05) is 18.8 Å². The number of nitrogen functional groups attached to an aromatic ring is 1. The summed E-state index contributed by atoms with van der Waals surface area (Å²) < 4.78 is 0. The van der Waals surface area contributed by atoms with Crippen molar-refractivity contribution in [2.45, 2.75) is 19.4 Å². The number of phenolic OH excluding ortho intramolecular Hbond substituents is 1. The van der Waals surface area contributed by atoms with Crippen LogP contribution < -0.4 is 5.73 Å². The number of phenols is 1. The smallest absolute Gasteiger partial charge is 0.256 e. The lowest BCUT2D eigenvalue weighted by Crippen LogP contribution is -2.30. The minimum absolute atomic E-state index is 0.00848. The van der Waals surface area contributed by atoms with Crippen molar-refractivity contribution in [3.05, 3.63) is 41.2 Å². The van der Waals surface area contributed by atoms with Gasteiger partial charge in [-0.25, -0.2) is 0 Å². The lowest BCUT2D eigenvalue weighted by atomic mass is 10.00. The molecular weight excluding hydrogens is 296 g/mol. The Hall–Kier alpha value is -2.54. The zero-order valence-corrected chi connectivity index (χ0v) is 12.9. The maximum atomic E-state index is 12.6. The molecule has 23 heavy (non-hydrogen) atoms. The van der Waals surface area contributed by atoms with E-state index in [0.717, 1.165) is 11.4 Å². The quantitative estimate of drug-likeness (QED) is 0.491. The first-order chi connectivity index (χ1) is 10.9. The Balaban J connectivity index is 1.72. The van der Waals surface area contributed by atoms with Gasteiger partial charge in [0, 0.05) is 30.4 Å². The first-order valence-electron chi connectivity index (χ1n) is 7.50. The van der Waals surface area contributed by atoms with Crippen molar-refractivity contribution in [3.63, 3.8) is 0 Å². The monoisotopic (exact) mass is 316 g/mol. The summed E-state index contributed by atoms with van der Waals surface area (Å²) in [7, 11) is 0. The molecule has 2 aromatic rings. The van der Waals surface area contributed by atoms with Gasteiger partial charge in [-0.05, 0) is 37.6 Å². The summed E-state index contributed by atoms with van der Waals surface area (Å²) >= 11 is 0. The van der Waals surface area contributed by atoms with Gasteiger partial charge in [-0.1, -0.05) is 0 Å². The number of aromatic hydroxyl groups is 1. The van der Waals surface area contributed by atoms with Crippen LogP contribution in [0, 0.1) is 12.8 Å². The molecule has 1 fully saturated rings. The van der Waals surface area contributed by atoms with E-state index in [-0.39, 0.29) is 29.7 Å². The zero-order valence-electron chi connectivity index (χ0n) is 12.9. The third-order valence-corrected chi connectivity index (χ3v) is 4.19. The largest absolute Gasteiger partial charge is 0.508 e. The van der Waals surface area contributed by atoms with Crippen LogP contribution >= 0.6 is 0 Å². The van der Waals surface area contributed by atoms with E-state index in [1.807, 2.05) is 13.0 Å². The Bertz CT molecular complexity index is 728. The van der Waals surface area contributed by atoms with Crippen molar-refractivity contribution in [1.29, 1.82) is 0 Å². The number of aromatic amines is 1. The highest BCUT2D eigenvalue weighted by atomic mass is 16.3. The van der Waals surface area contributed by atoms with Gasteiger partial charge in [0.25, 0.3) is 5.91 Å². The molecule has 5 N–H and O–H groups in total. The van der Waals surface area contributed by atoms with Crippen LogP contribution in [0.1, 0.15) is 21.7 Å². The molecule has 0 bridgehead atoms. The van der Waals surface area contributed by atoms with Gasteiger partial charge in [-0.15, -0.1) is 0 Å². The number of benzene rings is 1. The second-order valence-electron chi connectivity index (χ2n) is 6.06. The van der Waals surface area contributed by atoms with Gasteiger partial charge in [-0.3, -0.25) is 9.89 Å². The predicted molar refractivity (Wildman–Crippen MR) is 84.9 cm³/mol. The molecule has 0 unspecified atom stereocenters. The van der Waals surface area contributed by atoms with Crippen molar-refractivity contribution in [3.8, 4) is 5.75 Å². The number of β-amino-alcohol motifs (C(OH)–C–C–N with tert-alkyl or cyclic N) is 1. The van der Waals surface area contributed by atoms with E-state index in [1.54, 1.807) is 4.90 Å². The fraction of sp³-hybridized carbons (Fsp3) is 0.375. The summed E-state index contributed by atoms with van der Waals surface area (Å²) in [5.74, 6) is -0.357. The van der Waals surface area contributed by atoms with Gasteiger partial charge in [0.15, 0.2) is 0 Å². The van der Waals surface area contributed by atoms with Crippen LogP contribution in [0.5, 0.6) is 5.75 Å². The normalized spacial score (nSPS) is 20.9. The Labute approximate surface area is 133 Å². The highest BCUT2D eigenvalue weighted by Crippen LogP contribution is 2.26. The Morgan fingerprint density at radius 3 is 2.91 bits per heavy atom. The SMILES string of the molecule is Cc1cc(C[C@@H]2CN(C(=O)c3cc(O)ccc3N)C[C@@H]2O)n[nH]1. The van der Waals surface area contributed by atoms with Crippen LogP contribution in [0.4, 0.5) is 5.69 Å². The lowest BCUT2D eigenvalue weighted by molar-refractivity contribution is 0.0765. The first-order valence-corrected chi connectivity index (χ1v) is 7.50. The molecule has 1 amide bonds. The Morgan fingerprint density at radius 1 is 1.43 bits per heavy atom. The number of nitrogens with zero attached hydrogens (tertiary/aromatic N) is 2. The molecule has 2 heterocycles. The molecule has 1 aliphatic heterocycles. The number of hydrogen-bond acceptors (Lipinski definition) is 5. The van der Waals surface area contributed by atoms with Crippen molar-refractivity contribution < 1.29 is 15.0 Å². The van der Waals surface area contributed by atoms with Crippen molar-refractivity contribution in [1.82, 2.24) is 15.1 Å². The minimum Gasteiger partial charge on any atom is -0.508 e. The number of rotatable bonds is 3. The van der Waals surface area contributed by atoms with Crippen LogP contribution in [0.25, 0.3) is 0 Å². The van der Waals surface area contributed by atoms with E-state index in [0.29, 0.717) is 18.7 Å². The standard InChI is InChI=1S/C16H20N4O3/c1-9-4-11(19-18-9)5-10-7-20(8-15(10)22)16(23)13-6-12(21)2-3-14(13)17/h2-4,6,10,15,21-22H,5,7-8,17H2,1H3,(H,18,19)/t10-,15+/m1/s1. The molecule has 7 nitrogen and oxygen atoms in total. The van der Waals surface area contributed by atoms with E-state index in [1.165, 1.54) is 18.2 Å². The van der Waals surface area contributed by atoms with E-state index in [4.69, 9.17) is 5.73 Å². The van der Waals surface area contributed by atoms with Crippen molar-refractivity contribution >= 4 is 11.6 Å². The van der Waals surface area contributed by atoms with Crippen LogP contribution in [0.3, 0.4) is 0 Å². The molecule has 0 spiro atoms. The summed E-state index contributed by atoms with van der Waals surface area (Å²) in [4.78, 5) is 14.1. The molecule has 7 heteroatoms. The van der Waals surface area contributed by atoms with E-state index in [9.17, 15) is 15.0 Å². The molecular formula is C16H20N4O3. The Kier molecular flexibility index (Phi) is 3.96. The second-order valence-corrected chi connectivity index (χ2v) is 6.06. The topological polar surface area (TPSA) is 115 Å². The summed E-state index contributed by atoms with van der Waals surface area (Å²) in [6.45, 7) is 2.60. The number of nitrogens with one attached hydrogen (secondary N) is 1. The number of aryl methyl sites for hydroxylation is 1. The van der Waals surface area contributed by atoms with Gasteiger partial charge in [0.05, 0.1) is 17.4 Å². The molecule has 1 saturated heterocycles. The molecule has 1 aromatic heterocycles. The summed E-state index contributed by atoms with van der Waals surface area (Å²) in [5.41, 5.74) is 8.23. The molecule has 0 radical (unpaired) electrons. The van der Waals surface area contributed by atoms with Gasteiger partial charge in [0.2, 0.25) is 0 Å². The van der Waals surface area contributed by atoms with E-state index < -0.39 is 6.10 Å². The number of nitrogens with two attached hydrogens (primary N) is 1. The number of H-pyrrole nitrogens is 1. The Morgan fingerprint density at radius 2 is 2.22 bits per heavy atom. The number of carbonyl (C=O) groups is 1. The van der Waals surface area contributed by atoms with E-state index >= 15 is 0 Å². The molecule has 0 aliphatic carbocycles. The number of anilines is 1. The predicted octanol–water partition coefficient (Wildman–Crippen LogP) is 0.682. The number of aromatic nitrogens is 2. The molecule has 1 aliphatic rings. The highest BCUT2D eigenvalue weighted by Gasteiger charge is 2.35. The lowest BCUT2D eigenvalue weighted by Gasteiger charge is -2.17. The third kappa shape index (κ3) is 3.14. The number of aliphatic hydroxyl groups excluding tert-OH is 1. The fourth-order valence-corrected chi connectivity index (χ4v) is 2.97. The summed E-state index contributed by atoms with van der Waals surface area (Å²) in [5, 5.41) is 26.8. The molecule has 1 aromatic carbocycles.